The third-order valence-corrected chi connectivity index (χ3v) is 4.08. The van der Waals surface area contributed by atoms with Crippen LogP contribution in [-0.2, 0) is 9.47 Å². The summed E-state index contributed by atoms with van der Waals surface area (Å²) >= 11 is 0. The zero-order valence-electron chi connectivity index (χ0n) is 14.7. The molecular formula is C18H23N5O3. The molecule has 4 N–H and O–H groups in total. The molecule has 1 unspecified atom stereocenters. The molecule has 0 radical (unpaired) electrons. The molecule has 8 heteroatoms. The Kier molecular flexibility index (Phi) is 5.85. The number of esters is 1. The number of rotatable bonds is 7. The van der Waals surface area contributed by atoms with Crippen LogP contribution in [0.25, 0.3) is 0 Å². The summed E-state index contributed by atoms with van der Waals surface area (Å²) in [4.78, 5) is 20.5. The fourth-order valence-electron chi connectivity index (χ4n) is 2.76. The van der Waals surface area contributed by atoms with Crippen LogP contribution < -0.4 is 16.4 Å². The van der Waals surface area contributed by atoms with Gasteiger partial charge in [-0.25, -0.2) is 14.8 Å². The standard InChI is InChI=1S/C18H23N5O3/c1-2-25-18(24)13-7-3-4-8-14(13)23-17-15(19)16(21-11-22-17)20-10-12-6-5-9-26-12/h3-4,7-8,11-12H,2,5-6,9-10,19H2,1H3,(H2,20,21,22,23). The molecule has 0 spiro atoms. The molecule has 26 heavy (non-hydrogen) atoms. The highest BCUT2D eigenvalue weighted by Gasteiger charge is 2.17. The zero-order chi connectivity index (χ0) is 18.4. The van der Waals surface area contributed by atoms with Crippen LogP contribution in [0.15, 0.2) is 30.6 Å². The second-order valence-electron chi connectivity index (χ2n) is 5.89. The van der Waals surface area contributed by atoms with E-state index in [0.717, 1.165) is 19.4 Å². The SMILES string of the molecule is CCOC(=O)c1ccccc1Nc1ncnc(NCC2CCCO2)c1N. The molecule has 0 bridgehead atoms. The predicted octanol–water partition coefficient (Wildman–Crippen LogP) is 2.57. The van der Waals surface area contributed by atoms with Crippen molar-refractivity contribution in [1.29, 1.82) is 0 Å². The minimum atomic E-state index is -0.403. The summed E-state index contributed by atoms with van der Waals surface area (Å²) in [6, 6.07) is 7.05. The molecular weight excluding hydrogens is 334 g/mol. The molecule has 0 amide bonds. The molecule has 2 aromatic rings. The van der Waals surface area contributed by atoms with Gasteiger partial charge in [-0.3, -0.25) is 0 Å². The molecule has 8 nitrogen and oxygen atoms in total. The van der Waals surface area contributed by atoms with Crippen molar-refractivity contribution in [3.05, 3.63) is 36.2 Å². The number of nitrogens with zero attached hydrogens (tertiary/aromatic N) is 2. The van der Waals surface area contributed by atoms with Crippen molar-refractivity contribution >= 4 is 29.0 Å². The third kappa shape index (κ3) is 4.20. The van der Waals surface area contributed by atoms with Crippen molar-refractivity contribution in [1.82, 2.24) is 9.97 Å². The largest absolute Gasteiger partial charge is 0.462 e. The number of benzene rings is 1. The summed E-state index contributed by atoms with van der Waals surface area (Å²) in [5, 5.41) is 6.31. The van der Waals surface area contributed by atoms with E-state index in [9.17, 15) is 4.79 Å². The molecule has 1 aliphatic heterocycles. The van der Waals surface area contributed by atoms with Crippen LogP contribution in [0.4, 0.5) is 23.0 Å². The number of anilines is 4. The van der Waals surface area contributed by atoms with Gasteiger partial charge < -0.3 is 25.8 Å². The maximum absolute atomic E-state index is 12.1. The van der Waals surface area contributed by atoms with Crippen LogP contribution in [0.1, 0.15) is 30.1 Å². The molecule has 1 saturated heterocycles. The van der Waals surface area contributed by atoms with E-state index in [-0.39, 0.29) is 6.10 Å². The number of para-hydroxylation sites is 1. The summed E-state index contributed by atoms with van der Waals surface area (Å²) < 4.78 is 10.7. The van der Waals surface area contributed by atoms with Gasteiger partial charge in [-0.15, -0.1) is 0 Å². The fraction of sp³-hybridized carbons (Fsp3) is 0.389. The minimum Gasteiger partial charge on any atom is -0.462 e. The first-order chi connectivity index (χ1) is 12.7. The van der Waals surface area contributed by atoms with Gasteiger partial charge in [-0.1, -0.05) is 12.1 Å². The number of nitrogens with one attached hydrogen (secondary N) is 2. The van der Waals surface area contributed by atoms with Gasteiger partial charge in [0.05, 0.1) is 24.0 Å². The molecule has 1 fully saturated rings. The first-order valence-corrected chi connectivity index (χ1v) is 8.68. The van der Waals surface area contributed by atoms with E-state index in [1.807, 2.05) is 6.07 Å². The number of nitrogens with two attached hydrogens (primary N) is 1. The van der Waals surface area contributed by atoms with E-state index < -0.39 is 5.97 Å². The maximum Gasteiger partial charge on any atom is 0.340 e. The Morgan fingerprint density at radius 3 is 2.92 bits per heavy atom. The Labute approximate surface area is 152 Å². The van der Waals surface area contributed by atoms with Gasteiger partial charge in [0.2, 0.25) is 0 Å². The Hall–Kier alpha value is -2.87. The highest BCUT2D eigenvalue weighted by Crippen LogP contribution is 2.28. The van der Waals surface area contributed by atoms with Crippen molar-refractivity contribution in [3.63, 3.8) is 0 Å². The van der Waals surface area contributed by atoms with E-state index in [0.29, 0.717) is 41.7 Å². The second-order valence-corrected chi connectivity index (χ2v) is 5.89. The Balaban J connectivity index is 1.76. The van der Waals surface area contributed by atoms with E-state index >= 15 is 0 Å². The van der Waals surface area contributed by atoms with Crippen molar-refractivity contribution in [2.45, 2.75) is 25.9 Å². The molecule has 1 atom stereocenters. The number of hydrogen-bond acceptors (Lipinski definition) is 8. The first kappa shape index (κ1) is 17.9. The van der Waals surface area contributed by atoms with E-state index in [1.165, 1.54) is 6.33 Å². The van der Waals surface area contributed by atoms with E-state index in [2.05, 4.69) is 20.6 Å². The number of carbonyl (C=O) groups excluding carboxylic acids is 1. The van der Waals surface area contributed by atoms with Gasteiger partial charge in [0.25, 0.3) is 0 Å². The van der Waals surface area contributed by atoms with Gasteiger partial charge in [0.15, 0.2) is 11.6 Å². The molecule has 1 aromatic heterocycles. The molecule has 1 aromatic carbocycles. The van der Waals surface area contributed by atoms with Crippen LogP contribution in [0.3, 0.4) is 0 Å². The van der Waals surface area contributed by atoms with Crippen molar-refractivity contribution in [2.24, 2.45) is 0 Å². The average molecular weight is 357 g/mol. The van der Waals surface area contributed by atoms with Crippen molar-refractivity contribution in [2.75, 3.05) is 36.1 Å². The van der Waals surface area contributed by atoms with Gasteiger partial charge in [0.1, 0.15) is 12.0 Å². The lowest BCUT2D eigenvalue weighted by Gasteiger charge is -2.16. The van der Waals surface area contributed by atoms with Crippen molar-refractivity contribution in [3.8, 4) is 0 Å². The Morgan fingerprint density at radius 1 is 1.35 bits per heavy atom. The van der Waals surface area contributed by atoms with Gasteiger partial charge in [0, 0.05) is 13.2 Å². The number of ether oxygens (including phenoxy) is 2. The Morgan fingerprint density at radius 2 is 2.15 bits per heavy atom. The Bertz CT molecular complexity index is 762. The molecule has 2 heterocycles. The monoisotopic (exact) mass is 357 g/mol. The topological polar surface area (TPSA) is 111 Å². The van der Waals surface area contributed by atoms with E-state index in [4.69, 9.17) is 15.2 Å². The average Bonchev–Trinajstić information content (AvgIpc) is 3.16. The molecule has 138 valence electrons. The molecule has 0 aliphatic carbocycles. The van der Waals surface area contributed by atoms with Crippen molar-refractivity contribution < 1.29 is 14.3 Å². The highest BCUT2D eigenvalue weighted by molar-refractivity contribution is 5.97. The van der Waals surface area contributed by atoms with Crippen LogP contribution in [0.5, 0.6) is 0 Å². The quantitative estimate of drug-likeness (QED) is 0.648. The third-order valence-electron chi connectivity index (χ3n) is 4.08. The predicted molar refractivity (Wildman–Crippen MR) is 99.6 cm³/mol. The van der Waals surface area contributed by atoms with Crippen LogP contribution >= 0.6 is 0 Å². The summed E-state index contributed by atoms with van der Waals surface area (Å²) in [5.74, 6) is 0.554. The van der Waals surface area contributed by atoms with Gasteiger partial charge in [-0.2, -0.15) is 0 Å². The molecule has 3 rings (SSSR count). The number of nitrogen functional groups attached to an aromatic ring is 1. The number of aromatic nitrogens is 2. The summed E-state index contributed by atoms with van der Waals surface area (Å²) in [5.41, 5.74) is 7.56. The first-order valence-electron chi connectivity index (χ1n) is 8.68. The lowest BCUT2D eigenvalue weighted by molar-refractivity contribution is 0.0527. The maximum atomic E-state index is 12.1. The summed E-state index contributed by atoms with van der Waals surface area (Å²) in [7, 11) is 0. The number of hydrogen-bond donors (Lipinski definition) is 3. The lowest BCUT2D eigenvalue weighted by atomic mass is 10.2. The van der Waals surface area contributed by atoms with Gasteiger partial charge >= 0.3 is 5.97 Å². The van der Waals surface area contributed by atoms with Crippen LogP contribution in [0, 0.1) is 0 Å². The highest BCUT2D eigenvalue weighted by atomic mass is 16.5. The zero-order valence-corrected chi connectivity index (χ0v) is 14.7. The minimum absolute atomic E-state index is 0.172. The summed E-state index contributed by atoms with van der Waals surface area (Å²) in [6.07, 6.45) is 3.69. The van der Waals surface area contributed by atoms with E-state index in [1.54, 1.807) is 25.1 Å². The smallest absolute Gasteiger partial charge is 0.340 e. The van der Waals surface area contributed by atoms with Crippen LogP contribution in [0.2, 0.25) is 0 Å². The lowest BCUT2D eigenvalue weighted by Crippen LogP contribution is -2.20. The van der Waals surface area contributed by atoms with Crippen LogP contribution in [-0.4, -0.2) is 41.8 Å². The second kappa shape index (κ2) is 8.48. The molecule has 0 saturated carbocycles. The molecule has 1 aliphatic rings. The van der Waals surface area contributed by atoms with Gasteiger partial charge in [-0.05, 0) is 31.9 Å². The number of carbonyl (C=O) groups is 1. The normalized spacial score (nSPS) is 16.3. The fourth-order valence-corrected chi connectivity index (χ4v) is 2.76. The summed E-state index contributed by atoms with van der Waals surface area (Å²) in [6.45, 7) is 3.51.